The van der Waals surface area contributed by atoms with Gasteiger partial charge >= 0.3 is 75.1 Å². The number of hydrogen-bond donors (Lipinski definition) is 14. The summed E-state index contributed by atoms with van der Waals surface area (Å²) in [4.78, 5) is 167. The number of likely N-dealkylation sites (tertiary alicyclic amines) is 4. The number of Topliss-reactive ketones (excluding diaryl/α,β-unsaturated/α-hetero) is 2. The van der Waals surface area contributed by atoms with Gasteiger partial charge in [0.15, 0.2) is 11.6 Å². The Kier molecular flexibility index (Phi) is 132. The van der Waals surface area contributed by atoms with Crippen molar-refractivity contribution in [2.75, 3.05) is 19.8 Å². The molecule has 5 saturated carbocycles. The van der Waals surface area contributed by atoms with E-state index in [1.807, 2.05) is 20.8 Å². The van der Waals surface area contributed by atoms with Crippen molar-refractivity contribution in [1.82, 2.24) is 45.9 Å². The van der Waals surface area contributed by atoms with E-state index in [2.05, 4.69) is 26.3 Å². The molecule has 35 nitrogen and oxygen atoms in total. The third-order valence-corrected chi connectivity index (χ3v) is 24.5. The van der Waals surface area contributed by atoms with Crippen LogP contribution in [-0.2, 0) is 81.3 Å². The van der Waals surface area contributed by atoms with Gasteiger partial charge in [0.2, 0.25) is 23.6 Å². The van der Waals surface area contributed by atoms with Gasteiger partial charge in [-0.1, -0.05) is 106 Å². The first-order valence-electron chi connectivity index (χ1n) is 45.0. The average Bonchev–Trinajstić information content (AvgIpc) is 1.65. The molecule has 10 fully saturated rings. The molecule has 10 rings (SSSR count). The Hall–Kier alpha value is -0.395. The van der Waals surface area contributed by atoms with Gasteiger partial charge in [0.25, 0.3) is 0 Å². The zero-order chi connectivity index (χ0) is 93.7. The molecule has 15 N–H and O–H groups in total. The molecular weight excluding hydrogens is 2290 g/mol. The normalized spacial score (nSPS) is 22.8. The summed E-state index contributed by atoms with van der Waals surface area (Å²) < 4.78 is 47.0. The molecule has 4 amide bonds. The van der Waals surface area contributed by atoms with Gasteiger partial charge < -0.3 is 101 Å². The molecular formula is C85H192B3F3N10O25S20. The molecule has 5 aliphatic heterocycles. The van der Waals surface area contributed by atoms with Crippen molar-refractivity contribution >= 4 is 374 Å². The number of amides is 4. The highest BCUT2D eigenvalue weighted by Gasteiger charge is 2.53. The Morgan fingerprint density at radius 3 is 0.932 bits per heavy atom. The fourth-order valence-electron chi connectivity index (χ4n) is 18.9. The first-order chi connectivity index (χ1) is 58.3. The maximum atomic E-state index is 13.1. The standard InChI is InChI=1S/C19H32N2O5.C15H27BN2O4.C13H23BN2O4.C12H20N2O3.C11H19NO2.C7H12O2.C4H10BNO3.C2HF3O2.2CH4.20H2S/c1-4-8-14(19(25)26-5-2)20-12(3)17(22)21-15-10-7-6-9-13(15)11-16(21)18(23)24;1-4-22-15(20)13-9-11-7-5-6-8-12(11)18(13)14(19)10(2)17-16(3)21;1-8(15-14(2)20)12(17)16-10-6-4-3-5-9(10)7-11(16)13(18)19;1-7(13)11(15)14-9-5-3-2-4-8(9)6-10(14)12(16)17;1-2-14-11(13)10-7-8-5-3-4-6-9(8)12-10;1-3-5-7(9)6(8)4-2;1-3(4(7)8)6-5(2)9;3-2(4,5)1(6)7;;;;;;;;;;;;;;;;;;;;;;/h12-16,20H,4-11H2,1-3H3,(H,23,24);10-13,17,21H,4-9H2,1-3H3;8-11,15,20H,3-7H2,1-2H3,(H,18,19);7-10H,2-6,13H2,1H3,(H,16,17);8-10,12H,2-7H2,1H3;3-5H2,1-2H3;3,6,9H,1-2H3,(H,7,8);(H,6,7);2*1H4;20*1H2/t12-,13+,14?,15+,16+;10-,11+,12+,13+;8-,9+,10+,11+;7-,8+,9+,10+;8-,9-,10-;;3-;;;;;;;;;;;;;;;;;;;;;;;/m00001.1......................./s1. The number of ketones is 2. The molecule has 0 aromatic rings. The van der Waals surface area contributed by atoms with Gasteiger partial charge in [-0.3, -0.25) is 48.5 Å². The highest BCUT2D eigenvalue weighted by Crippen LogP contribution is 2.45. The number of esters is 3. The van der Waals surface area contributed by atoms with E-state index in [4.69, 9.17) is 40.0 Å². The number of hydrogen-bond acceptors (Lipinski definition) is 26. The molecule has 61 heteroatoms. The molecule has 21 atom stereocenters. The summed E-state index contributed by atoms with van der Waals surface area (Å²) in [6, 6.07) is -5.33. The minimum Gasteiger partial charge on any atom is -0.480 e. The van der Waals surface area contributed by atoms with E-state index in [9.17, 15) is 101 Å². The summed E-state index contributed by atoms with van der Waals surface area (Å²) >= 11 is 0. The maximum absolute atomic E-state index is 13.1. The number of halogens is 3. The van der Waals surface area contributed by atoms with Crippen LogP contribution in [0.5, 0.6) is 0 Å². The number of carbonyl (C=O) groups is 14. The van der Waals surface area contributed by atoms with Crippen LogP contribution < -0.4 is 32.1 Å². The highest BCUT2D eigenvalue weighted by atomic mass is 32.1. The number of rotatable bonds is 28. The molecule has 0 aromatic heterocycles. The van der Waals surface area contributed by atoms with E-state index in [0.717, 1.165) is 121 Å². The molecule has 1 unspecified atom stereocenters. The number of carbonyl (C=O) groups excluding carboxylic acids is 9. The van der Waals surface area contributed by atoms with Gasteiger partial charge in [-0.25, -0.2) is 24.0 Å². The fraction of sp³-hybridized carbons (Fsp3) is 0.835. The Morgan fingerprint density at radius 1 is 0.384 bits per heavy atom. The number of carboxylic acids is 5. The minimum absolute atomic E-state index is 0. The summed E-state index contributed by atoms with van der Waals surface area (Å²) in [6.45, 7) is 24.9. The van der Waals surface area contributed by atoms with Gasteiger partial charge in [0, 0.05) is 43.1 Å². The van der Waals surface area contributed by atoms with Crippen LogP contribution in [0, 0.1) is 29.6 Å². The largest absolute Gasteiger partial charge is 0.490 e. The van der Waals surface area contributed by atoms with Gasteiger partial charge in [0.05, 0.1) is 50.0 Å². The number of carboxylic acid groups (broad SMARTS) is 5. The first-order valence-corrected chi connectivity index (χ1v) is 45.0. The zero-order valence-electron chi connectivity index (χ0n) is 85.2. The van der Waals surface area contributed by atoms with Gasteiger partial charge in [-0.2, -0.15) is 283 Å². The van der Waals surface area contributed by atoms with Crippen LogP contribution in [0.4, 0.5) is 13.2 Å². The summed E-state index contributed by atoms with van der Waals surface area (Å²) in [6.07, 6.45) is 22.9. The van der Waals surface area contributed by atoms with E-state index in [-0.39, 0.29) is 374 Å². The number of fused-ring (bicyclic) bond motifs is 5. The SMILES string of the molecule is C.C.CB(O)N[C@@H](C)C(=O)N1[C@@H](C(=O)O)C[C@H]2CCCC[C@H]21.CB(O)N[C@H](C)C(=O)O.CCCC(=O)C(=O)CC.CCCC(N[C@@H](C)C(=O)N1[C@@H](C(=O)O)C[C@H]2CCCC[C@H]21)C(=O)OCC.CCOC(=O)[C@H]1C[C@H]2CCCC[C@H]2N1.CCOC(=O)[C@H]1C[C@H]2CCCC[C@H]2N1C(=O)[C@H](C)NB(C)O.C[C@H](N)C(=O)N1[C@@H](C(=O)O)C[C@H]2CCCC[C@H]21.O=C(O)C(F)(F)F.S.S.S.S.S.S.S.S.S.S.S.S.S.S.S.S.S.S.S.S. The van der Waals surface area contributed by atoms with E-state index < -0.39 is 118 Å². The molecule has 0 aromatic carbocycles. The van der Waals surface area contributed by atoms with Crippen molar-refractivity contribution in [3.05, 3.63) is 0 Å². The van der Waals surface area contributed by atoms with Crippen LogP contribution in [0.25, 0.3) is 0 Å². The second kappa shape index (κ2) is 100. The third kappa shape index (κ3) is 64.0. The maximum Gasteiger partial charge on any atom is 0.490 e. The molecule has 5 saturated heterocycles. The Morgan fingerprint density at radius 2 is 0.664 bits per heavy atom. The molecule has 0 radical (unpaired) electrons. The van der Waals surface area contributed by atoms with E-state index in [1.54, 1.807) is 81.7 Å². The molecule has 882 valence electrons. The van der Waals surface area contributed by atoms with Crippen LogP contribution >= 0.6 is 270 Å². The predicted molar refractivity (Wildman–Crippen MR) is 676 cm³/mol. The van der Waals surface area contributed by atoms with Gasteiger partial charge in [0.1, 0.15) is 36.3 Å². The van der Waals surface area contributed by atoms with E-state index >= 15 is 0 Å². The molecule has 0 bridgehead atoms. The summed E-state index contributed by atoms with van der Waals surface area (Å²) in [7, 11) is -2.32. The predicted octanol–water partition coefficient (Wildman–Crippen LogP) is 9.76. The van der Waals surface area contributed by atoms with Crippen LogP contribution in [0.3, 0.4) is 0 Å². The van der Waals surface area contributed by atoms with Crippen molar-refractivity contribution < 1.29 is 135 Å². The summed E-state index contributed by atoms with van der Waals surface area (Å²) in [5.74, 6) is -6.36. The molecule has 10 aliphatic rings. The van der Waals surface area contributed by atoms with Crippen LogP contribution in [0.2, 0.25) is 20.5 Å². The molecule has 5 aliphatic carbocycles. The lowest BCUT2D eigenvalue weighted by Crippen LogP contribution is -2.55. The molecule has 0 spiro atoms. The third-order valence-electron chi connectivity index (χ3n) is 24.5. The van der Waals surface area contributed by atoms with Gasteiger partial charge in [-0.15, -0.1) is 0 Å². The Balaban J connectivity index is -0.0000000693. The highest BCUT2D eigenvalue weighted by molar-refractivity contribution is 7.61. The van der Waals surface area contributed by atoms with Crippen LogP contribution in [-0.4, -0.2) is 287 Å². The Labute approximate surface area is 1010 Å². The number of alkyl halides is 3. The minimum atomic E-state index is -5.08. The molecule has 5 heterocycles. The van der Waals surface area contributed by atoms with Gasteiger partial charge in [-0.05, 0) is 215 Å². The monoisotopic (exact) mass is 2480 g/mol. The lowest BCUT2D eigenvalue weighted by Gasteiger charge is -2.35. The number of nitrogens with one attached hydrogen (secondary N) is 5. The summed E-state index contributed by atoms with van der Waals surface area (Å²) in [5, 5.41) is 85.4. The average molecular weight is 2490 g/mol. The second-order valence-corrected chi connectivity index (χ2v) is 34.1. The first kappa shape index (κ1) is 193. The lowest BCUT2D eigenvalue weighted by molar-refractivity contribution is -0.192. The van der Waals surface area contributed by atoms with Crippen LogP contribution in [0.1, 0.15) is 284 Å². The number of ether oxygens (including phenoxy) is 3. The smallest absolute Gasteiger partial charge is 0.480 e. The fourth-order valence-corrected chi connectivity index (χ4v) is 18.9. The lowest BCUT2D eigenvalue weighted by atomic mass is 9.84. The quantitative estimate of drug-likeness (QED) is 0.0150. The zero-order valence-corrected chi connectivity index (χ0v) is 105. The van der Waals surface area contributed by atoms with E-state index in [0.29, 0.717) is 88.6 Å². The van der Waals surface area contributed by atoms with Crippen molar-refractivity contribution in [1.29, 1.82) is 0 Å². The number of nitrogens with two attached hydrogens (primary N) is 1. The van der Waals surface area contributed by atoms with Crippen molar-refractivity contribution in [2.45, 2.75) is 407 Å². The molecule has 146 heavy (non-hydrogen) atoms. The van der Waals surface area contributed by atoms with Crippen molar-refractivity contribution in [3.63, 3.8) is 0 Å². The summed E-state index contributed by atoms with van der Waals surface area (Å²) in [5.41, 5.74) is 5.62. The van der Waals surface area contributed by atoms with Crippen molar-refractivity contribution in [3.8, 4) is 0 Å². The van der Waals surface area contributed by atoms with Crippen LogP contribution in [0.15, 0.2) is 0 Å². The topological polar surface area (TPSA) is 528 Å². The Bertz CT molecular complexity index is 3500. The van der Waals surface area contributed by atoms with Crippen molar-refractivity contribution in [2.24, 2.45) is 35.3 Å². The number of nitrogens with zero attached hydrogens (tertiary/aromatic N) is 4. The van der Waals surface area contributed by atoms with E-state index in [1.165, 1.54) is 45.9 Å². The number of aliphatic carboxylic acids is 5. The second-order valence-electron chi connectivity index (χ2n) is 34.1.